The summed E-state index contributed by atoms with van der Waals surface area (Å²) < 4.78 is 0. The van der Waals surface area contributed by atoms with Gasteiger partial charge in [0.2, 0.25) is 5.91 Å². The summed E-state index contributed by atoms with van der Waals surface area (Å²) in [4.78, 5) is 22.1. The molecule has 0 aliphatic carbocycles. The van der Waals surface area contributed by atoms with Crippen molar-refractivity contribution in [1.29, 1.82) is 5.26 Å². The SMILES string of the molecule is CCc1ncc(CN(C)[C@H]2CCN(c3sccc3C#N)C2=O)s1. The molecule has 3 heterocycles. The molecule has 7 heteroatoms. The molecule has 5 nitrogen and oxygen atoms in total. The first-order chi connectivity index (χ1) is 11.1. The van der Waals surface area contributed by atoms with Crippen LogP contribution in [0.25, 0.3) is 0 Å². The molecular formula is C16H18N4OS2. The second-order valence-corrected chi connectivity index (χ2v) is 7.63. The molecule has 3 rings (SSSR count). The van der Waals surface area contributed by atoms with Gasteiger partial charge in [-0.3, -0.25) is 9.69 Å². The zero-order valence-electron chi connectivity index (χ0n) is 13.2. The Kier molecular flexibility index (Phi) is 4.76. The average molecular weight is 346 g/mol. The van der Waals surface area contributed by atoms with Crippen molar-refractivity contribution in [3.8, 4) is 6.07 Å². The zero-order valence-corrected chi connectivity index (χ0v) is 14.8. The Morgan fingerprint density at radius 1 is 1.57 bits per heavy atom. The molecule has 0 saturated carbocycles. The molecule has 2 aromatic heterocycles. The Morgan fingerprint density at radius 2 is 2.39 bits per heavy atom. The Morgan fingerprint density at radius 3 is 3.09 bits per heavy atom. The number of nitriles is 1. The maximum atomic E-state index is 12.7. The van der Waals surface area contributed by atoms with E-state index in [1.165, 1.54) is 16.2 Å². The van der Waals surface area contributed by atoms with Gasteiger partial charge in [0.05, 0.1) is 16.6 Å². The second kappa shape index (κ2) is 6.79. The van der Waals surface area contributed by atoms with E-state index in [0.717, 1.165) is 29.4 Å². The van der Waals surface area contributed by atoms with Gasteiger partial charge in [0.25, 0.3) is 0 Å². The topological polar surface area (TPSA) is 60.2 Å². The van der Waals surface area contributed by atoms with E-state index in [-0.39, 0.29) is 11.9 Å². The molecule has 1 saturated heterocycles. The lowest BCUT2D eigenvalue weighted by Crippen LogP contribution is -2.39. The molecule has 1 amide bonds. The van der Waals surface area contributed by atoms with Gasteiger partial charge in [0.1, 0.15) is 11.1 Å². The van der Waals surface area contributed by atoms with E-state index < -0.39 is 0 Å². The minimum absolute atomic E-state index is 0.0895. The number of likely N-dealkylation sites (N-methyl/N-ethyl adjacent to an activating group) is 1. The molecule has 2 aromatic rings. The van der Waals surface area contributed by atoms with Gasteiger partial charge in [0.15, 0.2) is 0 Å². The first-order valence-electron chi connectivity index (χ1n) is 7.56. The van der Waals surface area contributed by atoms with Crippen molar-refractivity contribution in [1.82, 2.24) is 9.88 Å². The van der Waals surface area contributed by atoms with E-state index in [2.05, 4.69) is 22.9 Å². The monoisotopic (exact) mass is 346 g/mol. The molecule has 0 aromatic carbocycles. The molecule has 0 N–H and O–H groups in total. The van der Waals surface area contributed by atoms with Crippen LogP contribution >= 0.6 is 22.7 Å². The number of carbonyl (C=O) groups is 1. The molecule has 0 unspecified atom stereocenters. The van der Waals surface area contributed by atoms with Crippen LogP contribution in [0.4, 0.5) is 5.00 Å². The predicted octanol–water partition coefficient (Wildman–Crippen LogP) is 2.88. The van der Waals surface area contributed by atoms with Crippen molar-refractivity contribution in [2.24, 2.45) is 0 Å². The molecule has 120 valence electrons. The number of rotatable bonds is 5. The van der Waals surface area contributed by atoms with Crippen molar-refractivity contribution in [3.63, 3.8) is 0 Å². The third kappa shape index (κ3) is 3.15. The number of aromatic nitrogens is 1. The normalized spacial score (nSPS) is 17.9. The minimum atomic E-state index is -0.129. The Bertz CT molecular complexity index is 745. The van der Waals surface area contributed by atoms with Crippen LogP contribution in [-0.2, 0) is 17.8 Å². The molecule has 1 aliphatic heterocycles. The van der Waals surface area contributed by atoms with E-state index in [1.54, 1.807) is 22.3 Å². The van der Waals surface area contributed by atoms with Gasteiger partial charge in [-0.1, -0.05) is 6.92 Å². The molecule has 0 bridgehead atoms. The molecule has 0 spiro atoms. The lowest BCUT2D eigenvalue weighted by atomic mass is 10.2. The van der Waals surface area contributed by atoms with E-state index in [4.69, 9.17) is 5.26 Å². The third-order valence-electron chi connectivity index (χ3n) is 4.03. The first-order valence-corrected chi connectivity index (χ1v) is 9.26. The van der Waals surface area contributed by atoms with Crippen LogP contribution in [0.5, 0.6) is 0 Å². The molecule has 1 fully saturated rings. The number of hydrogen-bond donors (Lipinski definition) is 0. The van der Waals surface area contributed by atoms with E-state index in [0.29, 0.717) is 12.1 Å². The van der Waals surface area contributed by atoms with Crippen molar-refractivity contribution in [3.05, 3.63) is 33.1 Å². The summed E-state index contributed by atoms with van der Waals surface area (Å²) in [5, 5.41) is 12.9. The third-order valence-corrected chi connectivity index (χ3v) is 6.09. The largest absolute Gasteiger partial charge is 0.301 e. The highest BCUT2D eigenvalue weighted by Gasteiger charge is 2.36. The number of thiazole rings is 1. The van der Waals surface area contributed by atoms with Gasteiger partial charge in [-0.05, 0) is 31.3 Å². The number of thiophene rings is 1. The van der Waals surface area contributed by atoms with Crippen LogP contribution in [0.15, 0.2) is 17.6 Å². The number of aryl methyl sites for hydroxylation is 1. The second-order valence-electron chi connectivity index (χ2n) is 5.53. The first kappa shape index (κ1) is 16.1. The number of nitrogens with zero attached hydrogens (tertiary/aromatic N) is 4. The summed E-state index contributed by atoms with van der Waals surface area (Å²) in [6.45, 7) is 3.50. The number of hydrogen-bond acceptors (Lipinski definition) is 6. The molecule has 1 aliphatic rings. The molecule has 0 radical (unpaired) electrons. The van der Waals surface area contributed by atoms with Crippen LogP contribution in [-0.4, -0.2) is 35.4 Å². The van der Waals surface area contributed by atoms with Gasteiger partial charge in [-0.25, -0.2) is 4.98 Å². The van der Waals surface area contributed by atoms with E-state index in [1.807, 2.05) is 18.6 Å². The maximum absolute atomic E-state index is 12.7. The van der Waals surface area contributed by atoms with Crippen LogP contribution in [0.3, 0.4) is 0 Å². The van der Waals surface area contributed by atoms with Crippen molar-refractivity contribution in [2.45, 2.75) is 32.4 Å². The van der Waals surface area contributed by atoms with Crippen LogP contribution in [0.1, 0.15) is 28.8 Å². The summed E-state index contributed by atoms with van der Waals surface area (Å²) in [5.41, 5.74) is 0.585. The van der Waals surface area contributed by atoms with Crippen LogP contribution < -0.4 is 4.90 Å². The fourth-order valence-electron chi connectivity index (χ4n) is 2.81. The highest BCUT2D eigenvalue weighted by atomic mass is 32.1. The fourth-order valence-corrected chi connectivity index (χ4v) is 4.62. The van der Waals surface area contributed by atoms with Crippen molar-refractivity contribution >= 4 is 33.6 Å². The quantitative estimate of drug-likeness (QED) is 0.835. The Balaban J connectivity index is 1.70. The maximum Gasteiger partial charge on any atom is 0.245 e. The van der Waals surface area contributed by atoms with Crippen molar-refractivity contribution in [2.75, 3.05) is 18.5 Å². The Labute approximate surface area is 143 Å². The molecule has 1 atom stereocenters. The predicted molar refractivity (Wildman–Crippen MR) is 92.8 cm³/mol. The number of amides is 1. The summed E-state index contributed by atoms with van der Waals surface area (Å²) in [6, 6.07) is 3.81. The molecule has 23 heavy (non-hydrogen) atoms. The number of anilines is 1. The summed E-state index contributed by atoms with van der Waals surface area (Å²) in [5.74, 6) is 0.0895. The van der Waals surface area contributed by atoms with Gasteiger partial charge in [-0.2, -0.15) is 5.26 Å². The van der Waals surface area contributed by atoms with Gasteiger partial charge >= 0.3 is 0 Å². The summed E-state index contributed by atoms with van der Waals surface area (Å²) in [7, 11) is 1.98. The van der Waals surface area contributed by atoms with Crippen LogP contribution in [0, 0.1) is 11.3 Å². The fraction of sp³-hybridized carbons (Fsp3) is 0.438. The van der Waals surface area contributed by atoms with Gasteiger partial charge < -0.3 is 4.90 Å². The van der Waals surface area contributed by atoms with Crippen LogP contribution in [0.2, 0.25) is 0 Å². The van der Waals surface area contributed by atoms with E-state index >= 15 is 0 Å². The summed E-state index contributed by atoms with van der Waals surface area (Å²) >= 11 is 3.16. The average Bonchev–Trinajstić information content (AvgIpc) is 3.25. The minimum Gasteiger partial charge on any atom is -0.301 e. The highest BCUT2D eigenvalue weighted by Crippen LogP contribution is 2.32. The lowest BCUT2D eigenvalue weighted by molar-refractivity contribution is -0.121. The standard InChI is InChI=1S/C16H18N4OS2/c1-3-14-18-9-12(23-14)10-19(2)13-4-6-20(15(13)21)16-11(8-17)5-7-22-16/h5,7,9,13H,3-4,6,10H2,1-2H3/t13-/m0/s1. The molecular weight excluding hydrogens is 328 g/mol. The highest BCUT2D eigenvalue weighted by molar-refractivity contribution is 7.14. The smallest absolute Gasteiger partial charge is 0.245 e. The van der Waals surface area contributed by atoms with Gasteiger partial charge in [0, 0.05) is 24.2 Å². The summed E-state index contributed by atoms with van der Waals surface area (Å²) in [6.07, 6.45) is 3.64. The lowest BCUT2D eigenvalue weighted by Gasteiger charge is -2.22. The Hall–Kier alpha value is -1.75. The van der Waals surface area contributed by atoms with E-state index in [9.17, 15) is 4.79 Å². The van der Waals surface area contributed by atoms with Gasteiger partial charge in [-0.15, -0.1) is 22.7 Å². The number of carbonyl (C=O) groups excluding carboxylic acids is 1. The zero-order chi connectivity index (χ0) is 16.4. The van der Waals surface area contributed by atoms with Crippen molar-refractivity contribution < 1.29 is 4.79 Å².